The Morgan fingerprint density at radius 2 is 1.69 bits per heavy atom. The van der Waals surface area contributed by atoms with Crippen LogP contribution in [0.4, 0.5) is 0 Å². The largest absolute Gasteiger partial charge is 0.481 e. The number of sulfonamides is 1. The number of hydrogen-bond donors (Lipinski definition) is 5. The minimum Gasteiger partial charge on any atom is -0.481 e. The monoisotopic (exact) mass is 804 g/mol. The Hall–Kier alpha value is -1.80. The maximum Gasteiger partial charge on any atom is 0.308 e. The van der Waals surface area contributed by atoms with Crippen molar-refractivity contribution >= 4 is 16.0 Å². The third kappa shape index (κ3) is 11.9. The van der Waals surface area contributed by atoms with E-state index in [0.717, 1.165) is 0 Å². The van der Waals surface area contributed by atoms with E-state index in [9.17, 15) is 38.7 Å². The van der Waals surface area contributed by atoms with E-state index in [1.807, 2.05) is 25.9 Å². The Morgan fingerprint density at radius 3 is 2.25 bits per heavy atom. The lowest BCUT2D eigenvalue weighted by atomic mass is 9.78. The Bertz CT molecular complexity index is 1440. The number of unbranched alkanes of at least 4 members (excludes halogenated alkanes) is 2. The molecule has 15 nitrogen and oxygen atoms in total. The first-order chi connectivity index (χ1) is 25.6. The fourth-order valence-electron chi connectivity index (χ4n) is 8.09. The van der Waals surface area contributed by atoms with Crippen molar-refractivity contribution in [2.24, 2.45) is 11.8 Å². The lowest BCUT2D eigenvalue weighted by molar-refractivity contribution is -0.317. The minimum absolute atomic E-state index is 0.0247. The number of aliphatic hydroxyl groups is 4. The zero-order chi connectivity index (χ0) is 41.5. The molecule has 0 bridgehead atoms. The van der Waals surface area contributed by atoms with Crippen LogP contribution in [0.5, 0.6) is 0 Å². The van der Waals surface area contributed by atoms with Crippen molar-refractivity contribution in [1.29, 1.82) is 0 Å². The van der Waals surface area contributed by atoms with Crippen molar-refractivity contribution in [3.63, 3.8) is 0 Å². The molecule has 0 aromatic heterocycles. The van der Waals surface area contributed by atoms with Gasteiger partial charge < -0.3 is 54.1 Å². The average Bonchev–Trinajstić information content (AvgIpc) is 3.12. The number of benzene rings is 1. The van der Waals surface area contributed by atoms with Gasteiger partial charge in [0.1, 0.15) is 12.2 Å². The van der Waals surface area contributed by atoms with E-state index in [2.05, 4.69) is 0 Å². The van der Waals surface area contributed by atoms with Crippen LogP contribution in [-0.4, -0.2) is 156 Å². The Labute approximate surface area is 327 Å². The fraction of sp³-hybridized carbons (Fsp3) is 0.821. The van der Waals surface area contributed by atoms with E-state index in [1.54, 1.807) is 45.9 Å². The zero-order valence-electron chi connectivity index (χ0n) is 34.3. The molecule has 2 heterocycles. The second kappa shape index (κ2) is 20.3. The summed E-state index contributed by atoms with van der Waals surface area (Å²) in [7, 11) is 1.07. The molecule has 1 aromatic carbocycles. The van der Waals surface area contributed by atoms with Crippen LogP contribution in [0.25, 0.3) is 0 Å². The SMILES string of the molecule is CO[C@]1(C)C[C@H](O[C@@H]([C@H](C)[C@@H](O[C@@H]2O[C@H](C)C[C@H](N(C)C)[C@H]2O)[C@@](C)(O)C[C@@H](C)N(CCCCCO)S(=O)(=O)c2ccccc2)[C@@H](C)C(=O)O)O[C@@H](C)[C@@H]1O. The van der Waals surface area contributed by atoms with Crippen LogP contribution in [-0.2, 0) is 38.5 Å². The number of carbonyl (C=O) groups is 1. The minimum atomic E-state index is -4.05. The molecule has 0 aliphatic carbocycles. The molecule has 2 aliphatic rings. The van der Waals surface area contributed by atoms with E-state index >= 15 is 0 Å². The first-order valence-electron chi connectivity index (χ1n) is 19.4. The molecule has 318 valence electrons. The van der Waals surface area contributed by atoms with Crippen LogP contribution >= 0.6 is 0 Å². The summed E-state index contributed by atoms with van der Waals surface area (Å²) in [6.45, 7) is 11.7. The van der Waals surface area contributed by atoms with E-state index in [-0.39, 0.29) is 43.0 Å². The number of rotatable bonds is 21. The summed E-state index contributed by atoms with van der Waals surface area (Å²) in [5.74, 6) is -3.27. The standard InChI is InChI=1S/C39H68N2O13S/c1-24(41(19-15-12-16-20-42)55(48,49)29-17-13-11-14-18-29)22-38(6,47)35(54-37-32(43)30(40(8)9)21-25(2)51-37)26(3)33(27(4)36(45)46)53-31-23-39(7,50-10)34(44)28(5)52-31/h11,13-14,17-18,24-28,30-35,37,42-44,47H,12,15-16,19-23H2,1-10H3,(H,45,46)/t24-,25-,26+,27-,28+,30+,31+,32-,33+,34+,35-,37+,38+,39-/m1/s1. The quantitative estimate of drug-likeness (QED) is 0.114. The van der Waals surface area contributed by atoms with E-state index in [4.69, 9.17) is 23.7 Å². The second-order valence-corrected chi connectivity index (χ2v) is 18.2. The van der Waals surface area contributed by atoms with Crippen LogP contribution in [0.3, 0.4) is 0 Å². The molecule has 0 amide bonds. The van der Waals surface area contributed by atoms with Crippen LogP contribution in [0.1, 0.15) is 87.0 Å². The predicted molar refractivity (Wildman–Crippen MR) is 204 cm³/mol. The van der Waals surface area contributed by atoms with E-state index in [1.165, 1.54) is 37.4 Å². The second-order valence-electron chi connectivity index (χ2n) is 16.3. The maximum absolute atomic E-state index is 14.1. The molecular weight excluding hydrogens is 736 g/mol. The lowest BCUT2D eigenvalue weighted by Gasteiger charge is -2.49. The molecule has 2 saturated heterocycles. The number of carboxylic acid groups (broad SMARTS) is 1. The molecule has 55 heavy (non-hydrogen) atoms. The smallest absolute Gasteiger partial charge is 0.308 e. The molecule has 2 fully saturated rings. The van der Waals surface area contributed by atoms with Gasteiger partial charge in [0.2, 0.25) is 10.0 Å². The molecule has 0 spiro atoms. The number of methoxy groups -OCH3 is 1. The molecule has 14 atom stereocenters. The van der Waals surface area contributed by atoms with Gasteiger partial charge in [-0.2, -0.15) is 4.31 Å². The highest BCUT2D eigenvalue weighted by Gasteiger charge is 2.51. The van der Waals surface area contributed by atoms with Crippen LogP contribution in [0.15, 0.2) is 35.2 Å². The number of nitrogens with zero attached hydrogens (tertiary/aromatic N) is 2. The lowest BCUT2D eigenvalue weighted by Crippen LogP contribution is -2.61. The summed E-state index contributed by atoms with van der Waals surface area (Å²) >= 11 is 0. The topological polar surface area (TPSA) is 205 Å². The summed E-state index contributed by atoms with van der Waals surface area (Å²) in [6, 6.07) is 6.85. The first kappa shape index (κ1) is 47.6. The van der Waals surface area contributed by atoms with Crippen LogP contribution < -0.4 is 0 Å². The summed E-state index contributed by atoms with van der Waals surface area (Å²) in [5, 5.41) is 54.7. The van der Waals surface area contributed by atoms with Gasteiger partial charge in [0.15, 0.2) is 12.6 Å². The highest BCUT2D eigenvalue weighted by molar-refractivity contribution is 7.89. The highest BCUT2D eigenvalue weighted by atomic mass is 32.2. The molecule has 0 saturated carbocycles. The highest BCUT2D eigenvalue weighted by Crippen LogP contribution is 2.39. The van der Waals surface area contributed by atoms with Crippen molar-refractivity contribution in [2.45, 2.75) is 164 Å². The Balaban J connectivity index is 2.09. The van der Waals surface area contributed by atoms with Gasteiger partial charge in [-0.05, 0) is 99.9 Å². The van der Waals surface area contributed by atoms with E-state index < -0.39 is 88.2 Å². The number of ether oxygens (including phenoxy) is 5. The van der Waals surface area contributed by atoms with Crippen molar-refractivity contribution < 1.29 is 62.4 Å². The number of aliphatic carboxylic acids is 1. The normalized spacial score (nSPS) is 31.7. The predicted octanol–water partition coefficient (Wildman–Crippen LogP) is 2.82. The zero-order valence-corrected chi connectivity index (χ0v) is 35.1. The number of aliphatic hydroxyl groups excluding tert-OH is 3. The van der Waals surface area contributed by atoms with Gasteiger partial charge in [-0.3, -0.25) is 4.79 Å². The Kier molecular flexibility index (Phi) is 17.5. The van der Waals surface area contributed by atoms with Crippen LogP contribution in [0, 0.1) is 11.8 Å². The third-order valence-electron chi connectivity index (χ3n) is 11.4. The molecular formula is C39H68N2O13S. The number of carboxylic acids is 1. The molecule has 16 heteroatoms. The van der Waals surface area contributed by atoms with Gasteiger partial charge in [-0.25, -0.2) is 8.42 Å². The first-order valence-corrected chi connectivity index (χ1v) is 20.9. The third-order valence-corrected chi connectivity index (χ3v) is 13.4. The molecule has 2 aliphatic heterocycles. The van der Waals surface area contributed by atoms with Crippen molar-refractivity contribution in [3.8, 4) is 0 Å². The summed E-state index contributed by atoms with van der Waals surface area (Å²) in [6.07, 6.45) is -5.95. The molecule has 1 aromatic rings. The molecule has 3 rings (SSSR count). The van der Waals surface area contributed by atoms with Gasteiger partial charge in [0, 0.05) is 44.7 Å². The van der Waals surface area contributed by atoms with Gasteiger partial charge in [-0.1, -0.05) is 25.1 Å². The fourth-order valence-corrected chi connectivity index (χ4v) is 9.78. The van der Waals surface area contributed by atoms with Gasteiger partial charge >= 0.3 is 5.97 Å². The number of hydrogen-bond acceptors (Lipinski definition) is 13. The number of likely N-dealkylation sites (N-methyl/N-ethyl adjacent to an activating group) is 1. The van der Waals surface area contributed by atoms with Gasteiger partial charge in [0.25, 0.3) is 0 Å². The summed E-state index contributed by atoms with van der Waals surface area (Å²) in [4.78, 5) is 14.6. The molecule has 0 unspecified atom stereocenters. The van der Waals surface area contributed by atoms with Gasteiger partial charge in [-0.15, -0.1) is 0 Å². The van der Waals surface area contributed by atoms with Crippen molar-refractivity contribution in [2.75, 3.05) is 34.4 Å². The van der Waals surface area contributed by atoms with Crippen molar-refractivity contribution in [3.05, 3.63) is 30.3 Å². The average molecular weight is 805 g/mol. The molecule has 5 N–H and O–H groups in total. The van der Waals surface area contributed by atoms with E-state index in [0.29, 0.717) is 25.7 Å². The summed E-state index contributed by atoms with van der Waals surface area (Å²) in [5.41, 5.74) is -2.94. The Morgan fingerprint density at radius 1 is 1.05 bits per heavy atom. The van der Waals surface area contributed by atoms with Gasteiger partial charge in [0.05, 0.1) is 46.4 Å². The van der Waals surface area contributed by atoms with Crippen molar-refractivity contribution in [1.82, 2.24) is 9.21 Å². The van der Waals surface area contributed by atoms with Crippen LogP contribution in [0.2, 0.25) is 0 Å². The summed E-state index contributed by atoms with van der Waals surface area (Å²) < 4.78 is 60.5. The molecule has 0 radical (unpaired) electrons. The maximum atomic E-state index is 14.1.